The van der Waals surface area contributed by atoms with Crippen LogP contribution in [-0.4, -0.2) is 45.6 Å². The van der Waals surface area contributed by atoms with E-state index in [1.165, 1.54) is 0 Å². The molecule has 108 valence electrons. The molecule has 1 aliphatic heterocycles. The van der Waals surface area contributed by atoms with Gasteiger partial charge < -0.3 is 15.7 Å². The first-order chi connectivity index (χ1) is 8.94. The Morgan fingerprint density at radius 1 is 1.47 bits per heavy atom. The summed E-state index contributed by atoms with van der Waals surface area (Å²) < 4.78 is 0. The van der Waals surface area contributed by atoms with Crippen molar-refractivity contribution in [1.82, 2.24) is 4.90 Å². The van der Waals surface area contributed by atoms with Crippen LogP contribution in [0.3, 0.4) is 0 Å². The summed E-state index contributed by atoms with van der Waals surface area (Å²) in [5.74, 6) is -0.0319. The van der Waals surface area contributed by atoms with Crippen molar-refractivity contribution in [3.05, 3.63) is 0 Å². The summed E-state index contributed by atoms with van der Waals surface area (Å²) in [6, 6.07) is -0.694. The van der Waals surface area contributed by atoms with Gasteiger partial charge in [-0.25, -0.2) is 4.79 Å². The second-order valence-corrected chi connectivity index (χ2v) is 6.90. The maximum absolute atomic E-state index is 12.8. The SMILES string of the molecule is CCC(C)(CN)C(=O)N1C(C(=O)O)CSC1C1CC1. The predicted molar refractivity (Wildman–Crippen MR) is 74.7 cm³/mol. The molecule has 19 heavy (non-hydrogen) atoms. The third-order valence-corrected chi connectivity index (χ3v) is 5.79. The molecule has 1 amide bonds. The standard InChI is InChI=1S/C13H22N2O3S/c1-3-13(2,7-14)12(18)15-9(11(16)17)6-19-10(15)8-4-5-8/h8-10H,3-7,14H2,1-2H3,(H,16,17). The van der Waals surface area contributed by atoms with Gasteiger partial charge in [-0.05, 0) is 32.1 Å². The Balaban J connectivity index is 2.25. The first kappa shape index (κ1) is 14.7. The molecule has 0 radical (unpaired) electrons. The highest BCUT2D eigenvalue weighted by molar-refractivity contribution is 8.00. The molecule has 3 atom stereocenters. The van der Waals surface area contributed by atoms with Crippen LogP contribution in [0.15, 0.2) is 0 Å². The highest BCUT2D eigenvalue weighted by Gasteiger charge is 2.51. The van der Waals surface area contributed by atoms with E-state index in [1.54, 1.807) is 16.7 Å². The Bertz CT molecular complexity index is 380. The van der Waals surface area contributed by atoms with E-state index in [2.05, 4.69) is 0 Å². The summed E-state index contributed by atoms with van der Waals surface area (Å²) in [5.41, 5.74) is 5.10. The monoisotopic (exact) mass is 286 g/mol. The molecule has 3 unspecified atom stereocenters. The molecule has 2 fully saturated rings. The second kappa shape index (κ2) is 5.32. The number of rotatable bonds is 5. The van der Waals surface area contributed by atoms with Crippen LogP contribution in [0.1, 0.15) is 33.1 Å². The number of hydrogen-bond donors (Lipinski definition) is 2. The van der Waals surface area contributed by atoms with Gasteiger partial charge >= 0.3 is 5.97 Å². The van der Waals surface area contributed by atoms with Gasteiger partial charge in [-0.3, -0.25) is 4.79 Å². The number of carbonyl (C=O) groups is 2. The van der Waals surface area contributed by atoms with Crippen LogP contribution < -0.4 is 5.73 Å². The van der Waals surface area contributed by atoms with E-state index in [1.807, 2.05) is 13.8 Å². The van der Waals surface area contributed by atoms with Crippen LogP contribution >= 0.6 is 11.8 Å². The minimum atomic E-state index is -0.903. The Morgan fingerprint density at radius 2 is 2.11 bits per heavy atom. The molecule has 0 aromatic heterocycles. The lowest BCUT2D eigenvalue weighted by Crippen LogP contribution is -2.53. The van der Waals surface area contributed by atoms with Crippen LogP contribution in [0.2, 0.25) is 0 Å². The van der Waals surface area contributed by atoms with Gasteiger partial charge in [-0.2, -0.15) is 0 Å². The number of carboxylic acid groups (broad SMARTS) is 1. The molecule has 1 saturated carbocycles. The first-order valence-corrected chi connectivity index (χ1v) is 7.86. The van der Waals surface area contributed by atoms with Gasteiger partial charge in [0.15, 0.2) is 0 Å². The van der Waals surface area contributed by atoms with Crippen molar-refractivity contribution < 1.29 is 14.7 Å². The van der Waals surface area contributed by atoms with E-state index in [0.717, 1.165) is 12.8 Å². The van der Waals surface area contributed by atoms with Gasteiger partial charge in [0.1, 0.15) is 6.04 Å². The van der Waals surface area contributed by atoms with E-state index in [4.69, 9.17) is 5.73 Å². The Hall–Kier alpha value is -0.750. The smallest absolute Gasteiger partial charge is 0.327 e. The van der Waals surface area contributed by atoms with Gasteiger partial charge in [0.25, 0.3) is 0 Å². The molecule has 0 aromatic rings. The predicted octanol–water partition coefficient (Wildman–Crippen LogP) is 1.13. The lowest BCUT2D eigenvalue weighted by molar-refractivity contribution is -0.154. The quantitative estimate of drug-likeness (QED) is 0.791. The number of thioether (sulfide) groups is 1. The molecular formula is C13H22N2O3S. The number of amides is 1. The molecule has 1 heterocycles. The van der Waals surface area contributed by atoms with E-state index in [9.17, 15) is 14.7 Å². The maximum Gasteiger partial charge on any atom is 0.327 e. The number of nitrogens with zero attached hydrogens (tertiary/aromatic N) is 1. The molecule has 1 aliphatic carbocycles. The fourth-order valence-electron chi connectivity index (χ4n) is 2.41. The molecule has 0 spiro atoms. The molecule has 6 heteroatoms. The number of carbonyl (C=O) groups excluding carboxylic acids is 1. The fourth-order valence-corrected chi connectivity index (χ4v) is 4.04. The Morgan fingerprint density at radius 3 is 2.53 bits per heavy atom. The first-order valence-electron chi connectivity index (χ1n) is 6.82. The van der Waals surface area contributed by atoms with E-state index >= 15 is 0 Å². The van der Waals surface area contributed by atoms with Crippen LogP contribution in [0, 0.1) is 11.3 Å². The van der Waals surface area contributed by atoms with E-state index < -0.39 is 17.4 Å². The van der Waals surface area contributed by atoms with Gasteiger partial charge in [0.05, 0.1) is 10.8 Å². The number of carboxylic acids is 1. The minimum absolute atomic E-state index is 0.0334. The van der Waals surface area contributed by atoms with Crippen molar-refractivity contribution in [1.29, 1.82) is 0 Å². The summed E-state index contributed by atoms with van der Waals surface area (Å²) in [4.78, 5) is 25.7. The van der Waals surface area contributed by atoms with Gasteiger partial charge in [0.2, 0.25) is 5.91 Å². The lowest BCUT2D eigenvalue weighted by Gasteiger charge is -2.35. The maximum atomic E-state index is 12.8. The topological polar surface area (TPSA) is 83.6 Å². The van der Waals surface area contributed by atoms with Crippen molar-refractivity contribution in [3.63, 3.8) is 0 Å². The summed E-state index contributed by atoms with van der Waals surface area (Å²) in [7, 11) is 0. The highest BCUT2D eigenvalue weighted by Crippen LogP contribution is 2.46. The Kier molecular flexibility index (Phi) is 4.11. The summed E-state index contributed by atoms with van der Waals surface area (Å²) in [6.45, 7) is 4.02. The third kappa shape index (κ3) is 2.60. The molecular weight excluding hydrogens is 264 g/mol. The van der Waals surface area contributed by atoms with Gasteiger partial charge in [-0.15, -0.1) is 11.8 Å². The van der Waals surface area contributed by atoms with Gasteiger partial charge in [-0.1, -0.05) is 6.92 Å². The van der Waals surface area contributed by atoms with Crippen molar-refractivity contribution in [3.8, 4) is 0 Å². The molecule has 0 bridgehead atoms. The molecule has 5 nitrogen and oxygen atoms in total. The van der Waals surface area contributed by atoms with E-state index in [0.29, 0.717) is 18.1 Å². The largest absolute Gasteiger partial charge is 0.480 e. The third-order valence-electron chi connectivity index (χ3n) is 4.33. The molecule has 3 N–H and O–H groups in total. The van der Waals surface area contributed by atoms with Crippen molar-refractivity contribution in [2.75, 3.05) is 12.3 Å². The van der Waals surface area contributed by atoms with Crippen LogP contribution in [-0.2, 0) is 9.59 Å². The zero-order valence-corrected chi connectivity index (χ0v) is 12.3. The summed E-state index contributed by atoms with van der Waals surface area (Å²) in [6.07, 6.45) is 2.83. The molecule has 1 saturated heterocycles. The average Bonchev–Trinajstić information content (AvgIpc) is 3.15. The van der Waals surface area contributed by atoms with Crippen molar-refractivity contribution >= 4 is 23.6 Å². The molecule has 0 aromatic carbocycles. The Labute approximate surface area is 117 Å². The van der Waals surface area contributed by atoms with Crippen molar-refractivity contribution in [2.45, 2.75) is 44.5 Å². The second-order valence-electron chi connectivity index (χ2n) is 5.75. The van der Waals surface area contributed by atoms with E-state index in [-0.39, 0.29) is 17.8 Å². The van der Waals surface area contributed by atoms with Crippen LogP contribution in [0.25, 0.3) is 0 Å². The number of nitrogens with two attached hydrogens (primary N) is 1. The van der Waals surface area contributed by atoms with Crippen LogP contribution in [0.5, 0.6) is 0 Å². The minimum Gasteiger partial charge on any atom is -0.480 e. The van der Waals surface area contributed by atoms with Gasteiger partial charge in [0, 0.05) is 12.3 Å². The lowest BCUT2D eigenvalue weighted by atomic mass is 9.85. The van der Waals surface area contributed by atoms with Crippen molar-refractivity contribution in [2.24, 2.45) is 17.1 Å². The number of hydrogen-bond acceptors (Lipinski definition) is 4. The molecule has 2 aliphatic rings. The average molecular weight is 286 g/mol. The zero-order chi connectivity index (χ0) is 14.2. The van der Waals surface area contributed by atoms with Crippen LogP contribution in [0.4, 0.5) is 0 Å². The normalized spacial score (nSPS) is 30.2. The summed E-state index contributed by atoms with van der Waals surface area (Å²) in [5, 5.41) is 9.36. The zero-order valence-electron chi connectivity index (χ0n) is 11.5. The number of aliphatic carboxylic acids is 1. The molecule has 2 rings (SSSR count). The fraction of sp³-hybridized carbons (Fsp3) is 0.846. The highest BCUT2D eigenvalue weighted by atomic mass is 32.2. The summed E-state index contributed by atoms with van der Waals surface area (Å²) >= 11 is 1.61.